The fourth-order valence-corrected chi connectivity index (χ4v) is 2.66. The van der Waals surface area contributed by atoms with E-state index in [2.05, 4.69) is 29.6 Å². The Bertz CT molecular complexity index is 293. The van der Waals surface area contributed by atoms with E-state index in [1.54, 1.807) is 0 Å². The van der Waals surface area contributed by atoms with Crippen molar-refractivity contribution < 1.29 is 5.11 Å². The molecule has 2 nitrogen and oxygen atoms in total. The van der Waals surface area contributed by atoms with Gasteiger partial charge in [-0.25, -0.2) is 0 Å². The summed E-state index contributed by atoms with van der Waals surface area (Å²) < 4.78 is 0. The Kier molecular flexibility index (Phi) is 4.37. The SMILES string of the molecule is OCCC(c1ccccc1)C1CCCCN1. The van der Waals surface area contributed by atoms with Crippen LogP contribution in [0.3, 0.4) is 0 Å². The van der Waals surface area contributed by atoms with Gasteiger partial charge in [-0.15, -0.1) is 0 Å². The van der Waals surface area contributed by atoms with Gasteiger partial charge in [-0.3, -0.25) is 0 Å². The van der Waals surface area contributed by atoms with Gasteiger partial charge in [0.15, 0.2) is 0 Å². The third kappa shape index (κ3) is 2.83. The lowest BCUT2D eigenvalue weighted by Crippen LogP contribution is -2.39. The minimum Gasteiger partial charge on any atom is -0.396 e. The molecule has 1 aliphatic heterocycles. The van der Waals surface area contributed by atoms with E-state index in [0.29, 0.717) is 12.0 Å². The highest BCUT2D eigenvalue weighted by Crippen LogP contribution is 2.27. The number of piperidine rings is 1. The molecule has 0 saturated carbocycles. The van der Waals surface area contributed by atoms with E-state index < -0.39 is 0 Å². The number of aliphatic hydroxyl groups excluding tert-OH is 1. The highest BCUT2D eigenvalue weighted by atomic mass is 16.3. The summed E-state index contributed by atoms with van der Waals surface area (Å²) in [7, 11) is 0. The molecule has 2 atom stereocenters. The van der Waals surface area contributed by atoms with Crippen molar-refractivity contribution in [1.82, 2.24) is 5.32 Å². The number of hydrogen-bond acceptors (Lipinski definition) is 2. The maximum Gasteiger partial charge on any atom is 0.0437 e. The average Bonchev–Trinajstić information content (AvgIpc) is 2.38. The maximum absolute atomic E-state index is 9.20. The number of hydrogen-bond donors (Lipinski definition) is 2. The zero-order chi connectivity index (χ0) is 11.2. The predicted octanol–water partition coefficient (Wildman–Crippen LogP) is 2.29. The first-order valence-electron chi connectivity index (χ1n) is 6.31. The van der Waals surface area contributed by atoms with Crippen LogP contribution in [0.2, 0.25) is 0 Å². The van der Waals surface area contributed by atoms with Gasteiger partial charge in [0.2, 0.25) is 0 Å². The van der Waals surface area contributed by atoms with Gasteiger partial charge < -0.3 is 10.4 Å². The van der Waals surface area contributed by atoms with E-state index in [1.807, 2.05) is 6.07 Å². The molecule has 1 saturated heterocycles. The Morgan fingerprint density at radius 3 is 2.69 bits per heavy atom. The van der Waals surface area contributed by atoms with Crippen LogP contribution < -0.4 is 5.32 Å². The summed E-state index contributed by atoms with van der Waals surface area (Å²) in [5.74, 6) is 0.464. The van der Waals surface area contributed by atoms with Crippen LogP contribution in [0, 0.1) is 0 Å². The van der Waals surface area contributed by atoms with E-state index in [0.717, 1.165) is 13.0 Å². The largest absolute Gasteiger partial charge is 0.396 e. The minimum absolute atomic E-state index is 0.276. The zero-order valence-corrected chi connectivity index (χ0v) is 9.73. The smallest absolute Gasteiger partial charge is 0.0437 e. The van der Waals surface area contributed by atoms with Gasteiger partial charge in [-0.1, -0.05) is 36.8 Å². The maximum atomic E-state index is 9.20. The van der Waals surface area contributed by atoms with Gasteiger partial charge in [0.05, 0.1) is 0 Å². The fourth-order valence-electron chi connectivity index (χ4n) is 2.66. The molecule has 0 aromatic heterocycles. The Balaban J connectivity index is 2.09. The molecule has 2 N–H and O–H groups in total. The molecular formula is C14H21NO. The van der Waals surface area contributed by atoms with Gasteiger partial charge in [0, 0.05) is 18.6 Å². The first-order valence-corrected chi connectivity index (χ1v) is 6.31. The monoisotopic (exact) mass is 219 g/mol. The normalized spacial score (nSPS) is 22.9. The molecule has 16 heavy (non-hydrogen) atoms. The average molecular weight is 219 g/mol. The molecule has 0 bridgehead atoms. The van der Waals surface area contributed by atoms with Crippen molar-refractivity contribution in [2.75, 3.05) is 13.2 Å². The third-order valence-corrected chi connectivity index (χ3v) is 3.50. The molecular weight excluding hydrogens is 198 g/mol. The van der Waals surface area contributed by atoms with Gasteiger partial charge in [-0.2, -0.15) is 0 Å². The lowest BCUT2D eigenvalue weighted by atomic mass is 9.84. The van der Waals surface area contributed by atoms with Gasteiger partial charge in [0.25, 0.3) is 0 Å². The Labute approximate surface area is 97.7 Å². The lowest BCUT2D eigenvalue weighted by Gasteiger charge is -2.31. The van der Waals surface area contributed by atoms with E-state index in [4.69, 9.17) is 0 Å². The number of benzene rings is 1. The minimum atomic E-state index is 0.276. The molecule has 1 aromatic rings. The molecule has 2 heteroatoms. The van der Waals surface area contributed by atoms with Gasteiger partial charge in [-0.05, 0) is 31.4 Å². The standard InChI is InChI=1S/C14H21NO/c16-11-9-13(12-6-2-1-3-7-12)14-8-4-5-10-15-14/h1-3,6-7,13-16H,4-5,8-11H2. The van der Waals surface area contributed by atoms with Crippen LogP contribution >= 0.6 is 0 Å². The van der Waals surface area contributed by atoms with Crippen LogP contribution in [0.4, 0.5) is 0 Å². The summed E-state index contributed by atoms with van der Waals surface area (Å²) >= 11 is 0. The molecule has 1 fully saturated rings. The van der Waals surface area contributed by atoms with E-state index in [9.17, 15) is 5.11 Å². The van der Waals surface area contributed by atoms with Crippen LogP contribution in [0.25, 0.3) is 0 Å². The van der Waals surface area contributed by atoms with Gasteiger partial charge >= 0.3 is 0 Å². The van der Waals surface area contributed by atoms with Crippen molar-refractivity contribution in [1.29, 1.82) is 0 Å². The van der Waals surface area contributed by atoms with E-state index in [1.165, 1.54) is 24.8 Å². The molecule has 0 radical (unpaired) electrons. The highest BCUT2D eigenvalue weighted by molar-refractivity contribution is 5.21. The third-order valence-electron chi connectivity index (χ3n) is 3.50. The molecule has 0 aliphatic carbocycles. The second-order valence-corrected chi connectivity index (χ2v) is 4.59. The lowest BCUT2D eigenvalue weighted by molar-refractivity contribution is 0.247. The molecule has 0 spiro atoms. The summed E-state index contributed by atoms with van der Waals surface area (Å²) in [6, 6.07) is 11.1. The van der Waals surface area contributed by atoms with Crippen LogP contribution in [-0.4, -0.2) is 24.3 Å². The van der Waals surface area contributed by atoms with E-state index in [-0.39, 0.29) is 6.61 Å². The van der Waals surface area contributed by atoms with Gasteiger partial charge in [0.1, 0.15) is 0 Å². The van der Waals surface area contributed by atoms with Crippen LogP contribution in [0.15, 0.2) is 30.3 Å². The van der Waals surface area contributed by atoms with Crippen molar-refractivity contribution in [3.05, 3.63) is 35.9 Å². The van der Waals surface area contributed by atoms with Crippen molar-refractivity contribution in [3.8, 4) is 0 Å². The zero-order valence-electron chi connectivity index (χ0n) is 9.73. The predicted molar refractivity (Wildman–Crippen MR) is 66.5 cm³/mol. The molecule has 2 rings (SSSR count). The summed E-state index contributed by atoms with van der Waals surface area (Å²) in [6.45, 7) is 1.40. The number of rotatable bonds is 4. The molecule has 1 aromatic carbocycles. The Morgan fingerprint density at radius 2 is 2.06 bits per heavy atom. The van der Waals surface area contributed by atoms with Crippen LogP contribution in [0.1, 0.15) is 37.2 Å². The number of aliphatic hydroxyl groups is 1. The molecule has 2 unspecified atom stereocenters. The topological polar surface area (TPSA) is 32.3 Å². The second-order valence-electron chi connectivity index (χ2n) is 4.59. The molecule has 88 valence electrons. The van der Waals surface area contributed by atoms with Crippen molar-refractivity contribution >= 4 is 0 Å². The first-order chi connectivity index (χ1) is 7.92. The van der Waals surface area contributed by atoms with E-state index >= 15 is 0 Å². The second kappa shape index (κ2) is 6.02. The Hall–Kier alpha value is -0.860. The van der Waals surface area contributed by atoms with Crippen molar-refractivity contribution in [2.24, 2.45) is 0 Å². The molecule has 1 heterocycles. The summed E-state index contributed by atoms with van der Waals surface area (Å²) in [5, 5.41) is 12.8. The van der Waals surface area contributed by atoms with Crippen molar-refractivity contribution in [2.45, 2.75) is 37.6 Å². The van der Waals surface area contributed by atoms with Crippen molar-refractivity contribution in [3.63, 3.8) is 0 Å². The van der Waals surface area contributed by atoms with Crippen LogP contribution in [-0.2, 0) is 0 Å². The fraction of sp³-hybridized carbons (Fsp3) is 0.571. The summed E-state index contributed by atoms with van der Waals surface area (Å²) in [5.41, 5.74) is 1.36. The number of nitrogens with one attached hydrogen (secondary N) is 1. The summed E-state index contributed by atoms with van der Waals surface area (Å²) in [6.07, 6.45) is 4.70. The molecule has 0 amide bonds. The first kappa shape index (κ1) is 11.6. The quantitative estimate of drug-likeness (QED) is 0.814. The summed E-state index contributed by atoms with van der Waals surface area (Å²) in [4.78, 5) is 0. The van der Waals surface area contributed by atoms with Crippen LogP contribution in [0.5, 0.6) is 0 Å². The Morgan fingerprint density at radius 1 is 1.25 bits per heavy atom. The molecule has 1 aliphatic rings. The highest BCUT2D eigenvalue weighted by Gasteiger charge is 2.23.